The molecule has 0 saturated heterocycles. The van der Waals surface area contributed by atoms with Crippen LogP contribution in [-0.4, -0.2) is 18.7 Å². The van der Waals surface area contributed by atoms with Crippen molar-refractivity contribution >= 4 is 5.97 Å². The highest BCUT2D eigenvalue weighted by molar-refractivity contribution is 5.73. The van der Waals surface area contributed by atoms with E-state index in [1.54, 1.807) is 19.1 Å². The van der Waals surface area contributed by atoms with Crippen molar-refractivity contribution in [3.05, 3.63) is 42.2 Å². The Kier molecular flexibility index (Phi) is 5.16. The van der Waals surface area contributed by atoms with Gasteiger partial charge in [-0.1, -0.05) is 18.2 Å². The number of hydrogen-bond donors (Lipinski definition) is 0. The molecule has 0 bridgehead atoms. The molecule has 1 aromatic carbocycles. The zero-order valence-corrected chi connectivity index (χ0v) is 11.5. The van der Waals surface area contributed by atoms with Gasteiger partial charge in [-0.25, -0.2) is 4.39 Å². The minimum Gasteiger partial charge on any atom is -0.490 e. The van der Waals surface area contributed by atoms with E-state index < -0.39 is 0 Å². The summed E-state index contributed by atoms with van der Waals surface area (Å²) in [6, 6.07) is 5.91. The monoisotopic (exact) mass is 278 g/mol. The molecule has 0 radical (unpaired) electrons. The second-order valence-corrected chi connectivity index (χ2v) is 5.00. The molecular formula is C16H19FO3. The van der Waals surface area contributed by atoms with Gasteiger partial charge in [0.15, 0.2) is 0 Å². The standard InChI is InChI=1S/C16H19FO3/c1-12(11-19-15-9-5-8-14(17)10-15)20-16(18)13-6-3-2-4-7-13/h2-3,5,8-10,12-13H,4,6-7,11H2,1H3. The van der Waals surface area contributed by atoms with Gasteiger partial charge in [-0.05, 0) is 38.3 Å². The zero-order chi connectivity index (χ0) is 14.4. The van der Waals surface area contributed by atoms with Crippen molar-refractivity contribution in [3.63, 3.8) is 0 Å². The number of rotatable bonds is 5. The van der Waals surface area contributed by atoms with Gasteiger partial charge < -0.3 is 9.47 Å². The van der Waals surface area contributed by atoms with Crippen LogP contribution in [0.1, 0.15) is 26.2 Å². The van der Waals surface area contributed by atoms with E-state index in [1.807, 2.05) is 6.08 Å². The van der Waals surface area contributed by atoms with E-state index in [4.69, 9.17) is 9.47 Å². The number of carbonyl (C=O) groups is 1. The van der Waals surface area contributed by atoms with Crippen molar-refractivity contribution in [2.45, 2.75) is 32.3 Å². The Bertz CT molecular complexity index is 484. The molecule has 2 unspecified atom stereocenters. The van der Waals surface area contributed by atoms with Gasteiger partial charge in [0.2, 0.25) is 0 Å². The molecule has 108 valence electrons. The molecule has 4 heteroatoms. The molecule has 0 amide bonds. The van der Waals surface area contributed by atoms with Crippen LogP contribution in [0.2, 0.25) is 0 Å². The number of hydrogen-bond acceptors (Lipinski definition) is 3. The number of ether oxygens (including phenoxy) is 2. The molecule has 1 aliphatic carbocycles. The average Bonchev–Trinajstić information content (AvgIpc) is 2.46. The Hall–Kier alpha value is -1.84. The van der Waals surface area contributed by atoms with Crippen molar-refractivity contribution in [2.75, 3.05) is 6.61 Å². The summed E-state index contributed by atoms with van der Waals surface area (Å²) in [5.74, 6) is -0.129. The molecule has 0 fully saturated rings. The van der Waals surface area contributed by atoms with Crippen molar-refractivity contribution in [1.82, 2.24) is 0 Å². The molecule has 2 rings (SSSR count). The third kappa shape index (κ3) is 4.37. The highest BCUT2D eigenvalue weighted by Gasteiger charge is 2.22. The van der Waals surface area contributed by atoms with Gasteiger partial charge in [-0.2, -0.15) is 0 Å². The lowest BCUT2D eigenvalue weighted by atomic mass is 9.95. The fraction of sp³-hybridized carbons (Fsp3) is 0.438. The van der Waals surface area contributed by atoms with Crippen molar-refractivity contribution in [3.8, 4) is 5.75 Å². The summed E-state index contributed by atoms with van der Waals surface area (Å²) in [5.41, 5.74) is 0. The maximum absolute atomic E-state index is 13.0. The summed E-state index contributed by atoms with van der Waals surface area (Å²) in [6.07, 6.45) is 6.26. The number of allylic oxidation sites excluding steroid dienone is 2. The maximum Gasteiger partial charge on any atom is 0.309 e. The molecule has 0 aliphatic heterocycles. The summed E-state index contributed by atoms with van der Waals surface area (Å²) in [5, 5.41) is 0. The quantitative estimate of drug-likeness (QED) is 0.611. The fourth-order valence-corrected chi connectivity index (χ4v) is 2.11. The minimum absolute atomic E-state index is 0.0448. The van der Waals surface area contributed by atoms with Crippen LogP contribution in [0.15, 0.2) is 36.4 Å². The molecule has 1 aliphatic rings. The summed E-state index contributed by atoms with van der Waals surface area (Å²) in [4.78, 5) is 11.9. The largest absolute Gasteiger partial charge is 0.490 e. The van der Waals surface area contributed by atoms with Gasteiger partial charge >= 0.3 is 5.97 Å². The molecular weight excluding hydrogens is 259 g/mol. The smallest absolute Gasteiger partial charge is 0.309 e. The van der Waals surface area contributed by atoms with Crippen molar-refractivity contribution < 1.29 is 18.7 Å². The second-order valence-electron chi connectivity index (χ2n) is 5.00. The van der Waals surface area contributed by atoms with E-state index in [9.17, 15) is 9.18 Å². The number of esters is 1. The summed E-state index contributed by atoms with van der Waals surface area (Å²) in [6.45, 7) is 1.99. The molecule has 0 N–H and O–H groups in total. The van der Waals surface area contributed by atoms with Crippen LogP contribution in [0, 0.1) is 11.7 Å². The van der Waals surface area contributed by atoms with E-state index in [2.05, 4.69) is 6.08 Å². The Morgan fingerprint density at radius 3 is 3.00 bits per heavy atom. The number of benzene rings is 1. The summed E-state index contributed by atoms with van der Waals surface area (Å²) in [7, 11) is 0. The van der Waals surface area contributed by atoms with E-state index in [-0.39, 0.29) is 30.4 Å². The van der Waals surface area contributed by atoms with E-state index in [0.29, 0.717) is 5.75 Å². The molecule has 1 aromatic rings. The topological polar surface area (TPSA) is 35.5 Å². The van der Waals surface area contributed by atoms with Gasteiger partial charge in [0.05, 0.1) is 5.92 Å². The lowest BCUT2D eigenvalue weighted by Gasteiger charge is -2.20. The lowest BCUT2D eigenvalue weighted by Crippen LogP contribution is -2.27. The predicted octanol–water partition coefficient (Wildman–Crippen LogP) is 3.49. The Morgan fingerprint density at radius 1 is 1.45 bits per heavy atom. The third-order valence-corrected chi connectivity index (χ3v) is 3.20. The molecule has 0 aromatic heterocycles. The van der Waals surface area contributed by atoms with Crippen LogP contribution < -0.4 is 4.74 Å². The Balaban J connectivity index is 1.76. The van der Waals surface area contributed by atoms with Gasteiger partial charge in [0.25, 0.3) is 0 Å². The van der Waals surface area contributed by atoms with Crippen LogP contribution in [0.3, 0.4) is 0 Å². The molecule has 0 saturated carbocycles. The van der Waals surface area contributed by atoms with E-state index in [1.165, 1.54) is 12.1 Å². The highest BCUT2D eigenvalue weighted by atomic mass is 19.1. The van der Waals surface area contributed by atoms with E-state index in [0.717, 1.165) is 19.3 Å². The molecule has 3 nitrogen and oxygen atoms in total. The highest BCUT2D eigenvalue weighted by Crippen LogP contribution is 2.20. The first-order valence-electron chi connectivity index (χ1n) is 6.89. The second kappa shape index (κ2) is 7.08. The number of carbonyl (C=O) groups excluding carboxylic acids is 1. The number of halogens is 1. The molecule has 20 heavy (non-hydrogen) atoms. The molecule has 0 spiro atoms. The van der Waals surface area contributed by atoms with Crippen molar-refractivity contribution in [1.29, 1.82) is 0 Å². The fourth-order valence-electron chi connectivity index (χ4n) is 2.11. The van der Waals surface area contributed by atoms with Crippen LogP contribution in [0.4, 0.5) is 4.39 Å². The van der Waals surface area contributed by atoms with Crippen LogP contribution >= 0.6 is 0 Å². The Morgan fingerprint density at radius 2 is 2.30 bits per heavy atom. The van der Waals surface area contributed by atoms with Crippen LogP contribution in [0.25, 0.3) is 0 Å². The third-order valence-electron chi connectivity index (χ3n) is 3.20. The van der Waals surface area contributed by atoms with Gasteiger partial charge in [0, 0.05) is 6.07 Å². The maximum atomic E-state index is 13.0. The van der Waals surface area contributed by atoms with Crippen LogP contribution in [-0.2, 0) is 9.53 Å². The molecule has 2 atom stereocenters. The van der Waals surface area contributed by atoms with Crippen molar-refractivity contribution in [2.24, 2.45) is 5.92 Å². The lowest BCUT2D eigenvalue weighted by molar-refractivity contribution is -0.154. The summed E-state index contributed by atoms with van der Waals surface area (Å²) >= 11 is 0. The summed E-state index contributed by atoms with van der Waals surface area (Å²) < 4.78 is 23.7. The first-order valence-corrected chi connectivity index (χ1v) is 6.89. The molecule has 0 heterocycles. The first kappa shape index (κ1) is 14.6. The Labute approximate surface area is 118 Å². The SMILES string of the molecule is CC(COc1cccc(F)c1)OC(=O)C1CC=CCC1. The van der Waals surface area contributed by atoms with Gasteiger partial charge in [-0.15, -0.1) is 0 Å². The van der Waals surface area contributed by atoms with E-state index >= 15 is 0 Å². The zero-order valence-electron chi connectivity index (χ0n) is 11.5. The average molecular weight is 278 g/mol. The normalized spacial score (nSPS) is 19.4. The van der Waals surface area contributed by atoms with Gasteiger partial charge in [0.1, 0.15) is 24.3 Å². The van der Waals surface area contributed by atoms with Crippen LogP contribution in [0.5, 0.6) is 5.75 Å². The minimum atomic E-state index is -0.350. The van der Waals surface area contributed by atoms with Gasteiger partial charge in [-0.3, -0.25) is 4.79 Å². The predicted molar refractivity (Wildman–Crippen MR) is 73.9 cm³/mol. The first-order chi connectivity index (χ1) is 9.65.